The van der Waals surface area contributed by atoms with E-state index in [0.29, 0.717) is 6.54 Å². The maximum atomic E-state index is 13.9. The van der Waals surface area contributed by atoms with E-state index in [1.807, 2.05) is 0 Å². The molecule has 2 aliphatic carbocycles. The van der Waals surface area contributed by atoms with Crippen molar-refractivity contribution in [1.82, 2.24) is 10.0 Å². The quantitative estimate of drug-likeness (QED) is 0.729. The lowest BCUT2D eigenvalue weighted by molar-refractivity contribution is 0.0953. The topological polar surface area (TPSA) is 75.3 Å². The molecule has 1 aromatic carbocycles. The van der Waals surface area contributed by atoms with E-state index in [1.54, 1.807) is 0 Å². The van der Waals surface area contributed by atoms with Gasteiger partial charge in [-0.15, -0.1) is 0 Å². The molecule has 0 saturated heterocycles. The van der Waals surface area contributed by atoms with Crippen LogP contribution in [0.25, 0.3) is 0 Å². The third-order valence-corrected chi connectivity index (χ3v) is 6.03. The van der Waals surface area contributed by atoms with Crippen LogP contribution in [0.5, 0.6) is 0 Å². The molecule has 25 heavy (non-hydrogen) atoms. The Balaban J connectivity index is 1.64. The number of carbonyl (C=O) groups is 1. The van der Waals surface area contributed by atoms with Crippen LogP contribution in [0.15, 0.2) is 34.7 Å². The summed E-state index contributed by atoms with van der Waals surface area (Å²) in [5, 5.41) is 2.78. The fourth-order valence-corrected chi connectivity index (χ4v) is 4.31. The summed E-state index contributed by atoms with van der Waals surface area (Å²) in [5.41, 5.74) is 1.50. The standard InChI is InChI=1S/C18H23FN2O3S/c19-16-9-6-14(12-17(16)25(23,24)21-15-7-8-15)18(22)20-11-10-13-4-2-1-3-5-13/h4,6,9,12,15,21H,1-3,5,7-8,10-11H2,(H,20,22). The highest BCUT2D eigenvalue weighted by molar-refractivity contribution is 7.89. The van der Waals surface area contributed by atoms with Crippen LogP contribution < -0.4 is 10.0 Å². The second-order valence-corrected chi connectivity index (χ2v) is 8.34. The summed E-state index contributed by atoms with van der Waals surface area (Å²) in [7, 11) is -3.94. The van der Waals surface area contributed by atoms with Gasteiger partial charge in [0, 0.05) is 18.2 Å². The molecule has 0 aromatic heterocycles. The highest BCUT2D eigenvalue weighted by Crippen LogP contribution is 2.24. The van der Waals surface area contributed by atoms with Crippen LogP contribution in [0.3, 0.4) is 0 Å². The lowest BCUT2D eigenvalue weighted by Crippen LogP contribution is -2.28. The lowest BCUT2D eigenvalue weighted by atomic mass is 9.97. The van der Waals surface area contributed by atoms with Crippen LogP contribution in [-0.4, -0.2) is 26.9 Å². The van der Waals surface area contributed by atoms with Crippen molar-refractivity contribution in [1.29, 1.82) is 0 Å². The summed E-state index contributed by atoms with van der Waals surface area (Å²) in [5.74, 6) is -1.24. The predicted molar refractivity (Wildman–Crippen MR) is 93.2 cm³/mol. The van der Waals surface area contributed by atoms with Gasteiger partial charge in [0.25, 0.3) is 5.91 Å². The molecule has 0 spiro atoms. The Morgan fingerprint density at radius 2 is 2.04 bits per heavy atom. The Kier molecular flexibility index (Phi) is 5.54. The lowest BCUT2D eigenvalue weighted by Gasteiger charge is -2.13. The van der Waals surface area contributed by atoms with Crippen molar-refractivity contribution in [3.05, 3.63) is 41.2 Å². The van der Waals surface area contributed by atoms with Crippen LogP contribution >= 0.6 is 0 Å². The van der Waals surface area contributed by atoms with E-state index in [9.17, 15) is 17.6 Å². The smallest absolute Gasteiger partial charge is 0.251 e. The van der Waals surface area contributed by atoms with E-state index >= 15 is 0 Å². The van der Waals surface area contributed by atoms with Gasteiger partial charge in [0.15, 0.2) is 0 Å². The van der Waals surface area contributed by atoms with Crippen molar-refractivity contribution in [2.75, 3.05) is 6.54 Å². The normalized spacial score (nSPS) is 17.9. The molecule has 1 aromatic rings. The van der Waals surface area contributed by atoms with Gasteiger partial charge < -0.3 is 5.32 Å². The second kappa shape index (κ2) is 7.66. The van der Waals surface area contributed by atoms with Crippen LogP contribution in [0.2, 0.25) is 0 Å². The average Bonchev–Trinajstić information content (AvgIpc) is 3.39. The van der Waals surface area contributed by atoms with Crippen LogP contribution in [0.1, 0.15) is 55.3 Å². The van der Waals surface area contributed by atoms with Crippen LogP contribution in [-0.2, 0) is 10.0 Å². The summed E-state index contributed by atoms with van der Waals surface area (Å²) in [6.07, 6.45) is 9.11. The Morgan fingerprint density at radius 1 is 1.24 bits per heavy atom. The molecule has 0 atom stereocenters. The second-order valence-electron chi connectivity index (χ2n) is 6.65. The van der Waals surface area contributed by atoms with Crippen LogP contribution in [0, 0.1) is 5.82 Å². The molecule has 1 amide bonds. The molecule has 2 aliphatic rings. The Bertz CT molecular complexity index is 786. The average molecular weight is 366 g/mol. The van der Waals surface area contributed by atoms with Gasteiger partial charge in [-0.05, 0) is 63.1 Å². The summed E-state index contributed by atoms with van der Waals surface area (Å²) >= 11 is 0. The first-order valence-corrected chi connectivity index (χ1v) is 10.2. The molecule has 3 rings (SSSR count). The molecular formula is C18H23FN2O3S. The summed E-state index contributed by atoms with van der Waals surface area (Å²) in [6, 6.07) is 3.32. The maximum absolute atomic E-state index is 13.9. The molecule has 0 unspecified atom stereocenters. The summed E-state index contributed by atoms with van der Waals surface area (Å²) in [6.45, 7) is 0.491. The van der Waals surface area contributed by atoms with E-state index < -0.39 is 20.7 Å². The zero-order chi connectivity index (χ0) is 17.9. The molecule has 5 nitrogen and oxygen atoms in total. The minimum Gasteiger partial charge on any atom is -0.352 e. The summed E-state index contributed by atoms with van der Waals surface area (Å²) in [4.78, 5) is 11.8. The molecule has 0 aliphatic heterocycles. The van der Waals surface area contributed by atoms with Gasteiger partial charge in [-0.1, -0.05) is 11.6 Å². The van der Waals surface area contributed by atoms with E-state index in [4.69, 9.17) is 0 Å². The van der Waals surface area contributed by atoms with Crippen molar-refractivity contribution in [3.63, 3.8) is 0 Å². The van der Waals surface area contributed by atoms with Gasteiger partial charge >= 0.3 is 0 Å². The van der Waals surface area contributed by atoms with E-state index in [-0.39, 0.29) is 17.5 Å². The van der Waals surface area contributed by atoms with E-state index in [1.165, 1.54) is 24.5 Å². The zero-order valence-electron chi connectivity index (χ0n) is 14.1. The van der Waals surface area contributed by atoms with E-state index in [2.05, 4.69) is 16.1 Å². The largest absolute Gasteiger partial charge is 0.352 e. The number of hydrogen-bond acceptors (Lipinski definition) is 3. The molecule has 2 N–H and O–H groups in total. The molecule has 1 saturated carbocycles. The van der Waals surface area contributed by atoms with Crippen molar-refractivity contribution < 1.29 is 17.6 Å². The molecule has 0 heterocycles. The molecule has 0 radical (unpaired) electrons. The molecule has 7 heteroatoms. The Morgan fingerprint density at radius 3 is 2.72 bits per heavy atom. The highest BCUT2D eigenvalue weighted by Gasteiger charge is 2.30. The van der Waals surface area contributed by atoms with Gasteiger partial charge in [0.1, 0.15) is 10.7 Å². The van der Waals surface area contributed by atoms with Crippen molar-refractivity contribution >= 4 is 15.9 Å². The van der Waals surface area contributed by atoms with Crippen molar-refractivity contribution in [3.8, 4) is 0 Å². The molecule has 136 valence electrons. The first-order valence-electron chi connectivity index (χ1n) is 8.74. The first-order chi connectivity index (χ1) is 12.0. The molecular weight excluding hydrogens is 343 g/mol. The van der Waals surface area contributed by atoms with Gasteiger partial charge in [-0.3, -0.25) is 4.79 Å². The number of benzene rings is 1. The number of amides is 1. The molecule has 1 fully saturated rings. The van der Waals surface area contributed by atoms with E-state index in [0.717, 1.165) is 44.2 Å². The number of rotatable bonds is 7. The minimum atomic E-state index is -3.94. The van der Waals surface area contributed by atoms with Gasteiger partial charge in [-0.2, -0.15) is 0 Å². The number of sulfonamides is 1. The van der Waals surface area contributed by atoms with Crippen molar-refractivity contribution in [2.24, 2.45) is 0 Å². The maximum Gasteiger partial charge on any atom is 0.251 e. The SMILES string of the molecule is O=C(NCCC1=CCCCC1)c1ccc(F)c(S(=O)(=O)NC2CC2)c1. The zero-order valence-corrected chi connectivity index (χ0v) is 14.9. The number of halogens is 1. The van der Waals surface area contributed by atoms with Gasteiger partial charge in [0.05, 0.1) is 0 Å². The van der Waals surface area contributed by atoms with Crippen LogP contribution in [0.4, 0.5) is 4.39 Å². The number of carbonyl (C=O) groups excluding carboxylic acids is 1. The minimum absolute atomic E-state index is 0.120. The Hall–Kier alpha value is -1.73. The fraction of sp³-hybridized carbons (Fsp3) is 0.500. The number of nitrogens with one attached hydrogen (secondary N) is 2. The van der Waals surface area contributed by atoms with Crippen molar-refractivity contribution in [2.45, 2.75) is 55.9 Å². The van der Waals surface area contributed by atoms with Gasteiger partial charge in [0.2, 0.25) is 10.0 Å². The molecule has 0 bridgehead atoms. The highest BCUT2D eigenvalue weighted by atomic mass is 32.2. The fourth-order valence-electron chi connectivity index (χ4n) is 2.90. The predicted octanol–water partition coefficient (Wildman–Crippen LogP) is 2.89. The van der Waals surface area contributed by atoms with Gasteiger partial charge in [-0.25, -0.2) is 17.5 Å². The number of hydrogen-bond donors (Lipinski definition) is 2. The number of allylic oxidation sites excluding steroid dienone is 1. The first kappa shape index (κ1) is 18.1. The monoisotopic (exact) mass is 366 g/mol. The Labute approximate surface area is 147 Å². The third-order valence-electron chi connectivity index (χ3n) is 4.50. The summed E-state index contributed by atoms with van der Waals surface area (Å²) < 4.78 is 40.8. The third kappa shape index (κ3) is 4.89.